The Balaban J connectivity index is 2.36. The highest BCUT2D eigenvalue weighted by molar-refractivity contribution is 5.79. The molecular weight excluding hydrogens is 350 g/mol. The Kier molecular flexibility index (Phi) is 5.63. The van der Waals surface area contributed by atoms with Gasteiger partial charge in [0.25, 0.3) is 0 Å². The van der Waals surface area contributed by atoms with Gasteiger partial charge in [-0.1, -0.05) is 91.0 Å². The van der Waals surface area contributed by atoms with Crippen molar-refractivity contribution in [3.05, 3.63) is 108 Å². The molecule has 0 aliphatic heterocycles. The molecule has 0 amide bonds. The molecule has 4 heteroatoms. The van der Waals surface area contributed by atoms with Gasteiger partial charge in [-0.15, -0.1) is 0 Å². The highest BCUT2D eigenvalue weighted by Crippen LogP contribution is 2.39. The van der Waals surface area contributed by atoms with E-state index >= 15 is 0 Å². The molecule has 0 saturated carbocycles. The lowest BCUT2D eigenvalue weighted by Gasteiger charge is -2.44. The summed E-state index contributed by atoms with van der Waals surface area (Å²) in [7, 11) is 0. The van der Waals surface area contributed by atoms with Gasteiger partial charge < -0.3 is 10.2 Å². The summed E-state index contributed by atoms with van der Waals surface area (Å²) in [4.78, 5) is 12.2. The molecule has 0 heterocycles. The molecule has 0 unspecified atom stereocenters. The molecule has 0 aliphatic rings. The van der Waals surface area contributed by atoms with E-state index in [9.17, 15) is 15.0 Å². The molecule has 3 rings (SSSR count). The van der Waals surface area contributed by atoms with Crippen molar-refractivity contribution in [2.45, 2.75) is 31.0 Å². The molecule has 0 fully saturated rings. The Morgan fingerprint density at radius 1 is 0.786 bits per heavy atom. The third-order valence-electron chi connectivity index (χ3n) is 5.35. The smallest absolute Gasteiger partial charge is 0.326 e. The molecule has 0 spiro atoms. The predicted octanol–water partition coefficient (Wildman–Crippen LogP) is 3.79. The first kappa shape index (κ1) is 19.8. The molecular formula is C24H25NO3. The van der Waals surface area contributed by atoms with Crippen LogP contribution in [0.25, 0.3) is 0 Å². The fourth-order valence-corrected chi connectivity index (χ4v) is 3.51. The van der Waals surface area contributed by atoms with Crippen molar-refractivity contribution >= 4 is 5.97 Å². The van der Waals surface area contributed by atoms with Crippen molar-refractivity contribution in [2.24, 2.45) is 0 Å². The van der Waals surface area contributed by atoms with Gasteiger partial charge >= 0.3 is 5.97 Å². The molecule has 3 N–H and O–H groups in total. The van der Waals surface area contributed by atoms with Gasteiger partial charge in [-0.25, -0.2) is 0 Å². The molecule has 0 bridgehead atoms. The van der Waals surface area contributed by atoms with Crippen molar-refractivity contribution in [1.82, 2.24) is 5.32 Å². The van der Waals surface area contributed by atoms with E-state index < -0.39 is 23.2 Å². The number of hydrogen-bond donors (Lipinski definition) is 3. The van der Waals surface area contributed by atoms with Crippen LogP contribution >= 0.6 is 0 Å². The summed E-state index contributed by atoms with van der Waals surface area (Å²) in [6.07, 6.45) is -1.12. The lowest BCUT2D eigenvalue weighted by molar-refractivity contribution is -0.149. The predicted molar refractivity (Wildman–Crippen MR) is 110 cm³/mol. The SMILES string of the molecule is C[C@H](O)[C@](C)(NC(c1ccccc1)(c1ccccc1)c1ccccc1)C(=O)O. The van der Waals surface area contributed by atoms with E-state index in [1.807, 2.05) is 91.0 Å². The Morgan fingerprint density at radius 3 is 1.36 bits per heavy atom. The summed E-state index contributed by atoms with van der Waals surface area (Å²) in [5.41, 5.74) is 0.122. The number of rotatable bonds is 7. The zero-order chi connectivity index (χ0) is 20.2. The maximum Gasteiger partial charge on any atom is 0.326 e. The third-order valence-corrected chi connectivity index (χ3v) is 5.35. The van der Waals surface area contributed by atoms with E-state index in [4.69, 9.17) is 0 Å². The van der Waals surface area contributed by atoms with Gasteiger partial charge in [-0.05, 0) is 30.5 Å². The molecule has 3 aromatic carbocycles. The number of benzene rings is 3. The average Bonchev–Trinajstić information content (AvgIpc) is 2.73. The second-order valence-electron chi connectivity index (χ2n) is 7.16. The van der Waals surface area contributed by atoms with Crippen molar-refractivity contribution < 1.29 is 15.0 Å². The van der Waals surface area contributed by atoms with Crippen LogP contribution in [0.5, 0.6) is 0 Å². The number of aliphatic hydroxyl groups is 1. The second-order valence-corrected chi connectivity index (χ2v) is 7.16. The molecule has 4 nitrogen and oxygen atoms in total. The van der Waals surface area contributed by atoms with Crippen LogP contribution in [0.1, 0.15) is 30.5 Å². The van der Waals surface area contributed by atoms with Crippen LogP contribution in [0.15, 0.2) is 91.0 Å². The summed E-state index contributed by atoms with van der Waals surface area (Å²) in [6.45, 7) is 3.01. The first-order valence-electron chi connectivity index (χ1n) is 9.28. The van der Waals surface area contributed by atoms with Crippen LogP contribution in [0, 0.1) is 0 Å². The molecule has 2 atom stereocenters. The van der Waals surface area contributed by atoms with Gasteiger partial charge in [0.1, 0.15) is 5.54 Å². The Hall–Kier alpha value is -2.95. The van der Waals surface area contributed by atoms with Crippen LogP contribution in [-0.4, -0.2) is 27.8 Å². The minimum absolute atomic E-state index is 0.889. The number of carboxylic acids is 1. The number of nitrogens with one attached hydrogen (secondary N) is 1. The van der Waals surface area contributed by atoms with Gasteiger partial charge in [0.15, 0.2) is 0 Å². The number of aliphatic hydroxyl groups excluding tert-OH is 1. The van der Waals surface area contributed by atoms with Crippen molar-refractivity contribution in [3.8, 4) is 0 Å². The summed E-state index contributed by atoms with van der Waals surface area (Å²) in [5.74, 6) is -1.12. The van der Waals surface area contributed by atoms with E-state index in [2.05, 4.69) is 5.32 Å². The topological polar surface area (TPSA) is 69.6 Å². The number of carboxylic acid groups (broad SMARTS) is 1. The summed E-state index contributed by atoms with van der Waals surface area (Å²) < 4.78 is 0. The minimum atomic E-state index is -1.58. The molecule has 0 radical (unpaired) electrons. The zero-order valence-electron chi connectivity index (χ0n) is 16.0. The lowest BCUT2D eigenvalue weighted by Crippen LogP contribution is -2.64. The quantitative estimate of drug-likeness (QED) is 0.550. The number of hydrogen-bond acceptors (Lipinski definition) is 3. The van der Waals surface area contributed by atoms with E-state index in [1.54, 1.807) is 0 Å². The Labute approximate surface area is 165 Å². The maximum atomic E-state index is 12.2. The molecule has 28 heavy (non-hydrogen) atoms. The standard InChI is InChI=1S/C24H25NO3/c1-18(26)23(2,22(27)28)25-24(19-12-6-3-7-13-19,20-14-8-4-9-15-20)21-16-10-5-11-17-21/h3-18,25-26H,1-2H3,(H,27,28)/t18-,23-/m0/s1. The van der Waals surface area contributed by atoms with Crippen LogP contribution in [0.3, 0.4) is 0 Å². The summed E-state index contributed by atoms with van der Waals surface area (Å²) in [5, 5.41) is 23.7. The first-order valence-corrected chi connectivity index (χ1v) is 9.28. The van der Waals surface area contributed by atoms with E-state index in [-0.39, 0.29) is 0 Å². The van der Waals surface area contributed by atoms with Crippen LogP contribution in [0.2, 0.25) is 0 Å². The van der Waals surface area contributed by atoms with E-state index in [0.29, 0.717) is 0 Å². The number of carbonyl (C=O) groups is 1. The molecule has 0 saturated heterocycles. The van der Waals surface area contributed by atoms with E-state index in [1.165, 1.54) is 13.8 Å². The second kappa shape index (κ2) is 7.97. The van der Waals surface area contributed by atoms with Crippen LogP contribution in [-0.2, 0) is 10.3 Å². The highest BCUT2D eigenvalue weighted by atomic mass is 16.4. The van der Waals surface area contributed by atoms with Gasteiger partial charge in [0.2, 0.25) is 0 Å². The third kappa shape index (κ3) is 3.44. The molecule has 3 aromatic rings. The Morgan fingerprint density at radius 2 is 1.11 bits per heavy atom. The minimum Gasteiger partial charge on any atom is -0.480 e. The Bertz CT molecular complexity index is 814. The van der Waals surface area contributed by atoms with Crippen LogP contribution < -0.4 is 5.32 Å². The maximum absolute atomic E-state index is 12.2. The largest absolute Gasteiger partial charge is 0.480 e. The monoisotopic (exact) mass is 375 g/mol. The van der Waals surface area contributed by atoms with Gasteiger partial charge in [0, 0.05) is 0 Å². The van der Waals surface area contributed by atoms with Crippen molar-refractivity contribution in [3.63, 3.8) is 0 Å². The van der Waals surface area contributed by atoms with Crippen molar-refractivity contribution in [2.75, 3.05) is 0 Å². The normalized spacial score (nSPS) is 14.8. The number of aliphatic carboxylic acids is 1. The molecule has 0 aromatic heterocycles. The summed E-state index contributed by atoms with van der Waals surface area (Å²) in [6, 6.07) is 29.2. The first-order chi connectivity index (χ1) is 13.4. The fourth-order valence-electron chi connectivity index (χ4n) is 3.51. The molecule has 144 valence electrons. The lowest BCUT2D eigenvalue weighted by atomic mass is 9.74. The van der Waals surface area contributed by atoms with Crippen molar-refractivity contribution in [1.29, 1.82) is 0 Å². The summed E-state index contributed by atoms with van der Waals surface area (Å²) >= 11 is 0. The van der Waals surface area contributed by atoms with E-state index in [0.717, 1.165) is 16.7 Å². The molecule has 0 aliphatic carbocycles. The van der Waals surface area contributed by atoms with Gasteiger partial charge in [0.05, 0.1) is 11.6 Å². The average molecular weight is 375 g/mol. The van der Waals surface area contributed by atoms with Gasteiger partial charge in [-0.2, -0.15) is 0 Å². The highest BCUT2D eigenvalue weighted by Gasteiger charge is 2.48. The van der Waals surface area contributed by atoms with Gasteiger partial charge in [-0.3, -0.25) is 10.1 Å². The fraction of sp³-hybridized carbons (Fsp3) is 0.208. The zero-order valence-corrected chi connectivity index (χ0v) is 16.0. The van der Waals surface area contributed by atoms with Crippen LogP contribution in [0.4, 0.5) is 0 Å².